The predicted octanol–water partition coefficient (Wildman–Crippen LogP) is -1.44. The quantitative estimate of drug-likeness (QED) is 0.160. The second-order valence-electron chi connectivity index (χ2n) is 13.7. The van der Waals surface area contributed by atoms with Gasteiger partial charge in [-0.25, -0.2) is 0 Å². The number of nitrogens with zero attached hydrogens (tertiary/aromatic N) is 1. The van der Waals surface area contributed by atoms with Crippen molar-refractivity contribution in [3.8, 4) is 0 Å². The highest BCUT2D eigenvalue weighted by Gasteiger charge is 2.41. The monoisotopic (exact) mass is 775 g/mol. The normalized spacial score (nSPS) is 27.8. The molecule has 7 amide bonds. The van der Waals surface area contributed by atoms with Crippen LogP contribution in [-0.4, -0.2) is 124 Å². The number of hydrogen-bond donors (Lipinski definition) is 6. The Morgan fingerprint density at radius 3 is 1.96 bits per heavy atom. The smallest absolute Gasteiger partial charge is 0.308 e. The Labute approximate surface area is 317 Å². The zero-order valence-electron chi connectivity index (χ0n) is 31.6. The summed E-state index contributed by atoms with van der Waals surface area (Å²) in [5.41, 5.74) is 0.667. The Bertz CT molecular complexity index is 1580. The maximum atomic E-state index is 14.1. The van der Waals surface area contributed by atoms with Gasteiger partial charge in [-0.05, 0) is 44.6 Å². The third-order valence-electron chi connectivity index (χ3n) is 9.59. The molecule has 6 N–H and O–H groups in total. The standard InChI is InChI=1S/C36H53N7O10S/c1-7-20(2)29-36(51)43-16-11-14-27(43)35(50)41-25(18-23-12-9-8-10-13-23)34(49)40-26(19-28(44)53-5)33(48)38-21(3)30(45)39-24(15-17-54(6)52)32(47)37-22(4)31(46)42-29/h8-10,12-13,20-22,24-27,29H,7,11,14-19H2,1-6H3,(H,37,47)(H,38,48)(H,39,45)(H,40,49)(H,41,50)(H,42,46)/t20-,21-,22-,24-,25-,26-,27-,29-,54+/m0/s1. The predicted molar refractivity (Wildman–Crippen MR) is 197 cm³/mol. The molecule has 0 unspecified atom stereocenters. The van der Waals surface area contributed by atoms with Gasteiger partial charge in [0.2, 0.25) is 41.4 Å². The van der Waals surface area contributed by atoms with Crippen molar-refractivity contribution in [3.63, 3.8) is 0 Å². The van der Waals surface area contributed by atoms with Gasteiger partial charge in [-0.15, -0.1) is 0 Å². The number of esters is 1. The van der Waals surface area contributed by atoms with Crippen LogP contribution in [0.15, 0.2) is 30.3 Å². The van der Waals surface area contributed by atoms with Crippen LogP contribution in [0, 0.1) is 5.92 Å². The number of hydrogen-bond acceptors (Lipinski definition) is 10. The molecule has 2 aliphatic rings. The minimum absolute atomic E-state index is 0.0150. The summed E-state index contributed by atoms with van der Waals surface area (Å²) >= 11 is 0. The van der Waals surface area contributed by atoms with Crippen LogP contribution >= 0.6 is 0 Å². The lowest BCUT2D eigenvalue weighted by Gasteiger charge is -2.32. The lowest BCUT2D eigenvalue weighted by atomic mass is 9.96. The highest BCUT2D eigenvalue weighted by Crippen LogP contribution is 2.22. The van der Waals surface area contributed by atoms with E-state index < -0.39 is 107 Å². The van der Waals surface area contributed by atoms with Gasteiger partial charge in [0.25, 0.3) is 0 Å². The summed E-state index contributed by atoms with van der Waals surface area (Å²) < 4.78 is 16.7. The van der Waals surface area contributed by atoms with Crippen LogP contribution < -0.4 is 31.9 Å². The van der Waals surface area contributed by atoms with E-state index in [9.17, 15) is 42.6 Å². The number of carbonyl (C=O) groups is 8. The number of nitrogens with one attached hydrogen (secondary N) is 6. The fourth-order valence-electron chi connectivity index (χ4n) is 6.11. The van der Waals surface area contributed by atoms with E-state index in [1.807, 2.05) is 6.92 Å². The topological polar surface area (TPSA) is 238 Å². The SMILES string of the molecule is CC[C@H](C)[C@@H]1NC(=O)[C@H](C)NC(=O)[C@H](CC[S@@](C)=O)NC(=O)[C@H](C)NC(=O)[C@H](CC(=O)OC)NC(=O)[C@H](Cc2ccccc2)NC(=O)[C@@H]2CCCN2C1=O. The minimum Gasteiger partial charge on any atom is -0.469 e. The first-order valence-corrected chi connectivity index (χ1v) is 19.8. The molecule has 18 heteroatoms. The minimum atomic E-state index is -1.55. The van der Waals surface area contributed by atoms with Crippen molar-refractivity contribution in [2.24, 2.45) is 5.92 Å². The first-order chi connectivity index (χ1) is 25.6. The van der Waals surface area contributed by atoms with Gasteiger partial charge in [-0.3, -0.25) is 42.6 Å². The highest BCUT2D eigenvalue weighted by atomic mass is 32.2. The van der Waals surface area contributed by atoms with E-state index in [4.69, 9.17) is 4.74 Å². The van der Waals surface area contributed by atoms with Crippen LogP contribution in [0.1, 0.15) is 65.4 Å². The molecule has 0 spiro atoms. The third kappa shape index (κ3) is 12.3. The largest absolute Gasteiger partial charge is 0.469 e. The molecule has 2 fully saturated rings. The van der Waals surface area contributed by atoms with Crippen LogP contribution in [0.4, 0.5) is 0 Å². The molecular weight excluding hydrogens is 723 g/mol. The fourth-order valence-corrected chi connectivity index (χ4v) is 6.68. The number of fused-ring (bicyclic) bond motifs is 1. The Balaban J connectivity index is 2.07. The van der Waals surface area contributed by atoms with E-state index in [1.54, 1.807) is 37.3 Å². The van der Waals surface area contributed by atoms with E-state index in [0.29, 0.717) is 18.4 Å². The molecule has 0 radical (unpaired) electrons. The molecule has 0 aromatic heterocycles. The fraction of sp³-hybridized carbons (Fsp3) is 0.611. The molecule has 2 heterocycles. The summed E-state index contributed by atoms with van der Waals surface area (Å²) in [6.45, 7) is 6.55. The molecule has 9 atom stereocenters. The van der Waals surface area contributed by atoms with Crippen molar-refractivity contribution in [2.45, 2.75) is 109 Å². The molecule has 298 valence electrons. The number of ether oxygens (including phenoxy) is 1. The van der Waals surface area contributed by atoms with E-state index >= 15 is 0 Å². The molecule has 54 heavy (non-hydrogen) atoms. The maximum Gasteiger partial charge on any atom is 0.308 e. The summed E-state index contributed by atoms with van der Waals surface area (Å²) in [5.74, 6) is -6.39. The summed E-state index contributed by atoms with van der Waals surface area (Å²) in [4.78, 5) is 110. The summed E-state index contributed by atoms with van der Waals surface area (Å²) in [6, 6.07) is 0.133. The van der Waals surface area contributed by atoms with Crippen LogP contribution in [0.25, 0.3) is 0 Å². The summed E-state index contributed by atoms with van der Waals surface area (Å²) in [7, 11) is -0.251. The molecule has 3 rings (SSSR count). The van der Waals surface area contributed by atoms with Crippen LogP contribution in [0.5, 0.6) is 0 Å². The summed E-state index contributed by atoms with van der Waals surface area (Å²) in [5, 5.41) is 15.5. The van der Waals surface area contributed by atoms with Crippen molar-refractivity contribution in [2.75, 3.05) is 25.7 Å². The van der Waals surface area contributed by atoms with Gasteiger partial charge in [-0.1, -0.05) is 50.6 Å². The molecule has 2 aliphatic heterocycles. The first-order valence-electron chi connectivity index (χ1n) is 18.1. The van der Waals surface area contributed by atoms with Crippen LogP contribution in [-0.2, 0) is 60.3 Å². The maximum absolute atomic E-state index is 14.1. The van der Waals surface area contributed by atoms with Gasteiger partial charge in [-0.2, -0.15) is 0 Å². The molecule has 0 saturated carbocycles. The Kier molecular flexibility index (Phi) is 16.6. The van der Waals surface area contributed by atoms with Crippen molar-refractivity contribution in [3.05, 3.63) is 35.9 Å². The molecule has 0 bridgehead atoms. The first kappa shape index (κ1) is 43.5. The zero-order chi connectivity index (χ0) is 40.1. The molecule has 1 aromatic rings. The average Bonchev–Trinajstić information content (AvgIpc) is 3.64. The van der Waals surface area contributed by atoms with E-state index in [0.717, 1.165) is 7.11 Å². The zero-order valence-corrected chi connectivity index (χ0v) is 32.4. The Morgan fingerprint density at radius 2 is 1.37 bits per heavy atom. The van der Waals surface area contributed by atoms with E-state index in [-0.39, 0.29) is 37.5 Å². The lowest BCUT2D eigenvalue weighted by molar-refractivity contribution is -0.144. The van der Waals surface area contributed by atoms with Crippen LogP contribution in [0.2, 0.25) is 0 Å². The molecule has 0 aliphatic carbocycles. The van der Waals surface area contributed by atoms with Gasteiger partial charge in [0.15, 0.2) is 0 Å². The third-order valence-corrected chi connectivity index (χ3v) is 10.4. The van der Waals surface area contributed by atoms with Gasteiger partial charge in [0, 0.05) is 35.8 Å². The Hall–Kier alpha value is -4.87. The van der Waals surface area contributed by atoms with E-state index in [1.165, 1.54) is 25.0 Å². The van der Waals surface area contributed by atoms with Gasteiger partial charge < -0.3 is 41.5 Å². The second-order valence-corrected chi connectivity index (χ2v) is 15.3. The lowest BCUT2D eigenvalue weighted by Crippen LogP contribution is -2.60. The molecule has 1 aromatic carbocycles. The number of methoxy groups -OCH3 is 1. The molecule has 17 nitrogen and oxygen atoms in total. The second kappa shape index (κ2) is 20.5. The van der Waals surface area contributed by atoms with Gasteiger partial charge in [0.1, 0.15) is 42.3 Å². The van der Waals surface area contributed by atoms with Gasteiger partial charge in [0.05, 0.1) is 13.5 Å². The summed E-state index contributed by atoms with van der Waals surface area (Å²) in [6.07, 6.45) is 1.95. The van der Waals surface area contributed by atoms with Crippen molar-refractivity contribution in [1.82, 2.24) is 36.8 Å². The van der Waals surface area contributed by atoms with Crippen molar-refractivity contribution >= 4 is 58.1 Å². The Morgan fingerprint density at radius 1 is 0.815 bits per heavy atom. The number of benzene rings is 1. The number of carbonyl (C=O) groups excluding carboxylic acids is 8. The molecular formula is C36H53N7O10S. The number of amides is 7. The van der Waals surface area contributed by atoms with Gasteiger partial charge >= 0.3 is 5.97 Å². The highest BCUT2D eigenvalue weighted by molar-refractivity contribution is 7.84. The van der Waals surface area contributed by atoms with Crippen LogP contribution in [0.3, 0.4) is 0 Å². The average molecular weight is 776 g/mol. The molecule has 2 saturated heterocycles. The van der Waals surface area contributed by atoms with Crippen molar-refractivity contribution < 1.29 is 47.3 Å². The number of rotatable bonds is 9. The van der Waals surface area contributed by atoms with Crippen molar-refractivity contribution in [1.29, 1.82) is 0 Å². The van der Waals surface area contributed by atoms with E-state index in [2.05, 4.69) is 31.9 Å².